The van der Waals surface area contributed by atoms with Crippen LogP contribution in [-0.2, 0) is 9.59 Å². The van der Waals surface area contributed by atoms with Crippen molar-refractivity contribution in [2.75, 3.05) is 4.90 Å². The van der Waals surface area contributed by atoms with E-state index in [1.165, 1.54) is 4.90 Å². The van der Waals surface area contributed by atoms with Crippen LogP contribution in [0.25, 0.3) is 6.08 Å². The molecule has 3 heteroatoms. The van der Waals surface area contributed by atoms with Gasteiger partial charge in [-0.2, -0.15) is 0 Å². The molecule has 1 aliphatic rings. The van der Waals surface area contributed by atoms with E-state index in [1.807, 2.05) is 61.5 Å². The van der Waals surface area contributed by atoms with E-state index in [2.05, 4.69) is 0 Å². The van der Waals surface area contributed by atoms with Crippen molar-refractivity contribution in [3.05, 3.63) is 83.4 Å². The summed E-state index contributed by atoms with van der Waals surface area (Å²) in [6, 6.07) is 18.9. The van der Waals surface area contributed by atoms with Gasteiger partial charge in [-0.15, -0.1) is 0 Å². The molecule has 0 spiro atoms. The second-order valence-electron chi connectivity index (χ2n) is 5.52. The number of allylic oxidation sites excluding steroid dienone is 2. The minimum atomic E-state index is -0.234. The van der Waals surface area contributed by atoms with Crippen LogP contribution in [0.2, 0.25) is 0 Å². The first-order valence-electron chi connectivity index (χ1n) is 7.51. The Labute approximate surface area is 135 Å². The molecular weight excluding hydrogens is 286 g/mol. The van der Waals surface area contributed by atoms with Crippen LogP contribution in [0.5, 0.6) is 0 Å². The molecule has 1 heterocycles. The predicted octanol–water partition coefficient (Wildman–Crippen LogP) is 3.98. The van der Waals surface area contributed by atoms with Crippen LogP contribution < -0.4 is 4.90 Å². The molecule has 0 atom stereocenters. The van der Waals surface area contributed by atoms with E-state index in [0.29, 0.717) is 11.3 Å². The minimum Gasteiger partial charge on any atom is -0.274 e. The first kappa shape index (κ1) is 15.0. The Kier molecular flexibility index (Phi) is 4.20. The van der Waals surface area contributed by atoms with E-state index >= 15 is 0 Å². The Morgan fingerprint density at radius 3 is 2.22 bits per heavy atom. The quantitative estimate of drug-likeness (QED) is 0.635. The van der Waals surface area contributed by atoms with Gasteiger partial charge in [0, 0.05) is 5.57 Å². The lowest BCUT2D eigenvalue weighted by Crippen LogP contribution is -2.28. The molecule has 2 aromatic rings. The maximum atomic E-state index is 12.5. The highest BCUT2D eigenvalue weighted by Gasteiger charge is 2.34. The topological polar surface area (TPSA) is 37.4 Å². The minimum absolute atomic E-state index is 0.147. The summed E-state index contributed by atoms with van der Waals surface area (Å²) in [6.45, 7) is 1.93. The zero-order chi connectivity index (χ0) is 16.2. The fourth-order valence-corrected chi connectivity index (χ4v) is 2.65. The standard InChI is InChI=1S/C20H17NO2/c1-15(12-16-8-4-2-5-9-16)13-17-14-19(22)21(20(17)23)18-10-6-3-7-11-18/h2-13H,14H2,1H3/b15-12+,17-13-. The molecule has 3 nitrogen and oxygen atoms in total. The highest BCUT2D eigenvalue weighted by atomic mass is 16.2. The van der Waals surface area contributed by atoms with Gasteiger partial charge < -0.3 is 0 Å². The summed E-state index contributed by atoms with van der Waals surface area (Å²) in [5.41, 5.74) is 3.17. The third kappa shape index (κ3) is 3.29. The fraction of sp³-hybridized carbons (Fsp3) is 0.100. The Bertz CT molecular complexity index is 789. The van der Waals surface area contributed by atoms with E-state index < -0.39 is 0 Å². The summed E-state index contributed by atoms with van der Waals surface area (Å²) in [5, 5.41) is 0. The summed E-state index contributed by atoms with van der Waals surface area (Å²) in [7, 11) is 0. The van der Waals surface area contributed by atoms with Crippen LogP contribution in [-0.4, -0.2) is 11.8 Å². The van der Waals surface area contributed by atoms with Crippen molar-refractivity contribution < 1.29 is 9.59 Å². The Morgan fingerprint density at radius 1 is 0.957 bits per heavy atom. The molecule has 23 heavy (non-hydrogen) atoms. The van der Waals surface area contributed by atoms with Crippen molar-refractivity contribution in [1.29, 1.82) is 0 Å². The summed E-state index contributed by atoms with van der Waals surface area (Å²) in [4.78, 5) is 25.9. The molecule has 1 saturated heterocycles. The monoisotopic (exact) mass is 303 g/mol. The molecule has 0 radical (unpaired) electrons. The van der Waals surface area contributed by atoms with Gasteiger partial charge in [0.25, 0.3) is 5.91 Å². The Balaban J connectivity index is 1.86. The van der Waals surface area contributed by atoms with E-state index in [-0.39, 0.29) is 18.2 Å². The van der Waals surface area contributed by atoms with Gasteiger partial charge in [-0.25, -0.2) is 4.90 Å². The van der Waals surface area contributed by atoms with Crippen LogP contribution in [0, 0.1) is 0 Å². The average Bonchev–Trinajstić information content (AvgIpc) is 2.83. The number of hydrogen-bond donors (Lipinski definition) is 0. The lowest BCUT2D eigenvalue weighted by atomic mass is 10.1. The van der Waals surface area contributed by atoms with Crippen LogP contribution in [0.3, 0.4) is 0 Å². The molecule has 0 aliphatic carbocycles. The average molecular weight is 303 g/mol. The molecule has 0 N–H and O–H groups in total. The van der Waals surface area contributed by atoms with Gasteiger partial charge in [0.15, 0.2) is 0 Å². The summed E-state index contributed by atoms with van der Waals surface area (Å²) < 4.78 is 0. The molecule has 0 aromatic heterocycles. The molecule has 2 amide bonds. The van der Waals surface area contributed by atoms with Gasteiger partial charge in [-0.3, -0.25) is 9.59 Å². The number of rotatable bonds is 3. The lowest BCUT2D eigenvalue weighted by Gasteiger charge is -2.12. The largest absolute Gasteiger partial charge is 0.274 e. The molecule has 2 aromatic carbocycles. The van der Waals surface area contributed by atoms with Crippen molar-refractivity contribution in [3.8, 4) is 0 Å². The van der Waals surface area contributed by atoms with Gasteiger partial charge in [-0.1, -0.05) is 66.3 Å². The van der Waals surface area contributed by atoms with Gasteiger partial charge >= 0.3 is 0 Å². The van der Waals surface area contributed by atoms with Crippen LogP contribution in [0.1, 0.15) is 18.9 Å². The second-order valence-corrected chi connectivity index (χ2v) is 5.52. The Hall–Kier alpha value is -2.94. The molecule has 1 aliphatic heterocycles. The van der Waals surface area contributed by atoms with Crippen LogP contribution >= 0.6 is 0 Å². The number of amides is 2. The van der Waals surface area contributed by atoms with E-state index in [9.17, 15) is 9.59 Å². The molecule has 1 fully saturated rings. The van der Waals surface area contributed by atoms with Gasteiger partial charge in [-0.05, 0) is 24.6 Å². The molecule has 0 saturated carbocycles. The zero-order valence-corrected chi connectivity index (χ0v) is 12.9. The number of benzene rings is 2. The number of anilines is 1. The van der Waals surface area contributed by atoms with Crippen molar-refractivity contribution in [3.63, 3.8) is 0 Å². The number of nitrogens with zero attached hydrogens (tertiary/aromatic N) is 1. The second kappa shape index (κ2) is 6.44. The van der Waals surface area contributed by atoms with E-state index in [4.69, 9.17) is 0 Å². The third-order valence-electron chi connectivity index (χ3n) is 3.68. The predicted molar refractivity (Wildman–Crippen MR) is 91.7 cm³/mol. The number of para-hydroxylation sites is 1. The SMILES string of the molecule is CC(/C=C1/CC(=O)N(c2ccccc2)C1=O)=C\c1ccccc1. The highest BCUT2D eigenvalue weighted by molar-refractivity contribution is 6.28. The fourth-order valence-electron chi connectivity index (χ4n) is 2.65. The summed E-state index contributed by atoms with van der Waals surface area (Å²) >= 11 is 0. The molecule has 0 bridgehead atoms. The molecular formula is C20H17NO2. The van der Waals surface area contributed by atoms with Crippen molar-refractivity contribution in [1.82, 2.24) is 0 Å². The van der Waals surface area contributed by atoms with Crippen LogP contribution in [0.15, 0.2) is 77.9 Å². The van der Waals surface area contributed by atoms with Gasteiger partial charge in [0.2, 0.25) is 5.91 Å². The number of imide groups is 1. The summed E-state index contributed by atoms with van der Waals surface area (Å²) in [6.07, 6.45) is 3.94. The van der Waals surface area contributed by atoms with E-state index in [0.717, 1.165) is 11.1 Å². The molecule has 114 valence electrons. The van der Waals surface area contributed by atoms with Crippen molar-refractivity contribution in [2.45, 2.75) is 13.3 Å². The molecule has 0 unspecified atom stereocenters. The van der Waals surface area contributed by atoms with E-state index in [1.54, 1.807) is 18.2 Å². The Morgan fingerprint density at radius 2 is 1.57 bits per heavy atom. The normalized spacial score (nSPS) is 17.2. The van der Waals surface area contributed by atoms with Crippen LogP contribution in [0.4, 0.5) is 5.69 Å². The first-order valence-corrected chi connectivity index (χ1v) is 7.51. The van der Waals surface area contributed by atoms with Gasteiger partial charge in [0.1, 0.15) is 0 Å². The molecule has 3 rings (SSSR count). The summed E-state index contributed by atoms with van der Waals surface area (Å²) in [5.74, 6) is -0.415. The first-order chi connectivity index (χ1) is 11.1. The van der Waals surface area contributed by atoms with Crippen molar-refractivity contribution in [2.24, 2.45) is 0 Å². The highest BCUT2D eigenvalue weighted by Crippen LogP contribution is 2.26. The maximum absolute atomic E-state index is 12.5. The number of hydrogen-bond acceptors (Lipinski definition) is 2. The number of carbonyl (C=O) groups is 2. The maximum Gasteiger partial charge on any atom is 0.261 e. The van der Waals surface area contributed by atoms with Gasteiger partial charge in [0.05, 0.1) is 12.1 Å². The zero-order valence-electron chi connectivity index (χ0n) is 12.9. The number of carbonyl (C=O) groups excluding carboxylic acids is 2. The lowest BCUT2D eigenvalue weighted by molar-refractivity contribution is -0.120. The van der Waals surface area contributed by atoms with Crippen molar-refractivity contribution >= 4 is 23.6 Å². The smallest absolute Gasteiger partial charge is 0.261 e. The third-order valence-corrected chi connectivity index (χ3v) is 3.68.